The molecule has 0 atom stereocenters. The monoisotopic (exact) mass is 298 g/mol. The number of amides is 1. The number of nitrogens with zero attached hydrogens (tertiary/aromatic N) is 6. The van der Waals surface area contributed by atoms with Crippen molar-refractivity contribution in [1.29, 1.82) is 0 Å². The lowest BCUT2D eigenvalue weighted by Crippen LogP contribution is -2.49. The summed E-state index contributed by atoms with van der Waals surface area (Å²) in [6.07, 6.45) is 4.61. The summed E-state index contributed by atoms with van der Waals surface area (Å²) in [4.78, 5) is 33.1. The number of carbonyl (C=O) groups excluding carboxylic acids is 1. The van der Waals surface area contributed by atoms with E-state index in [1.165, 1.54) is 12.4 Å². The number of hydrogen-bond donors (Lipinski definition) is 0. The Bertz CT molecular complexity index is 647. The second-order valence-corrected chi connectivity index (χ2v) is 5.28. The van der Waals surface area contributed by atoms with Gasteiger partial charge in [0.05, 0.1) is 6.20 Å². The molecular formula is C15H18N6O. The molecule has 1 fully saturated rings. The lowest BCUT2D eigenvalue weighted by atomic mass is 10.2. The zero-order valence-electron chi connectivity index (χ0n) is 12.7. The normalized spacial score (nSPS) is 15.0. The Kier molecular flexibility index (Phi) is 3.95. The Morgan fingerprint density at radius 2 is 1.86 bits per heavy atom. The first-order chi connectivity index (χ1) is 10.6. The van der Waals surface area contributed by atoms with Crippen LogP contribution in [0.5, 0.6) is 0 Å². The molecule has 1 aliphatic rings. The minimum Gasteiger partial charge on any atom is -0.353 e. The summed E-state index contributed by atoms with van der Waals surface area (Å²) in [6.45, 7) is 6.66. The van der Waals surface area contributed by atoms with Crippen LogP contribution in [-0.2, 0) is 0 Å². The summed E-state index contributed by atoms with van der Waals surface area (Å²) in [5.41, 5.74) is 1.35. The molecule has 114 valence electrons. The molecule has 1 saturated heterocycles. The minimum absolute atomic E-state index is 0.0669. The third kappa shape index (κ3) is 3.03. The van der Waals surface area contributed by atoms with Crippen molar-refractivity contribution in [2.75, 3.05) is 31.1 Å². The minimum atomic E-state index is -0.0669. The average molecular weight is 298 g/mol. The van der Waals surface area contributed by atoms with Crippen LogP contribution < -0.4 is 4.90 Å². The molecule has 0 aliphatic carbocycles. The molecule has 0 radical (unpaired) electrons. The molecule has 7 nitrogen and oxygen atoms in total. The van der Waals surface area contributed by atoms with Gasteiger partial charge in [-0.1, -0.05) is 0 Å². The van der Waals surface area contributed by atoms with Gasteiger partial charge < -0.3 is 9.80 Å². The van der Waals surface area contributed by atoms with Crippen molar-refractivity contribution in [3.63, 3.8) is 0 Å². The van der Waals surface area contributed by atoms with Crippen LogP contribution >= 0.6 is 0 Å². The van der Waals surface area contributed by atoms with Crippen LogP contribution in [0.2, 0.25) is 0 Å². The number of anilines is 1. The highest BCUT2D eigenvalue weighted by Crippen LogP contribution is 2.15. The molecule has 22 heavy (non-hydrogen) atoms. The van der Waals surface area contributed by atoms with Gasteiger partial charge in [0.15, 0.2) is 0 Å². The maximum Gasteiger partial charge on any atom is 0.274 e. The summed E-state index contributed by atoms with van der Waals surface area (Å²) >= 11 is 0. The summed E-state index contributed by atoms with van der Waals surface area (Å²) < 4.78 is 0. The molecular weight excluding hydrogens is 280 g/mol. The topological polar surface area (TPSA) is 75.1 Å². The van der Waals surface area contributed by atoms with Crippen molar-refractivity contribution < 1.29 is 4.79 Å². The van der Waals surface area contributed by atoms with E-state index in [9.17, 15) is 4.79 Å². The van der Waals surface area contributed by atoms with Gasteiger partial charge in [0.25, 0.3) is 5.91 Å². The van der Waals surface area contributed by atoms with Crippen molar-refractivity contribution in [3.05, 3.63) is 41.9 Å². The molecule has 2 aromatic heterocycles. The van der Waals surface area contributed by atoms with E-state index < -0.39 is 0 Å². The number of aromatic nitrogens is 4. The van der Waals surface area contributed by atoms with Crippen LogP contribution in [-0.4, -0.2) is 56.9 Å². The summed E-state index contributed by atoms with van der Waals surface area (Å²) in [6, 6.07) is 1.98. The van der Waals surface area contributed by atoms with E-state index in [1.807, 2.05) is 19.9 Å². The number of carbonyl (C=O) groups is 1. The van der Waals surface area contributed by atoms with Crippen molar-refractivity contribution in [1.82, 2.24) is 24.8 Å². The van der Waals surface area contributed by atoms with Crippen LogP contribution in [0, 0.1) is 13.8 Å². The van der Waals surface area contributed by atoms with E-state index in [-0.39, 0.29) is 5.91 Å². The van der Waals surface area contributed by atoms with Crippen molar-refractivity contribution in [2.45, 2.75) is 13.8 Å². The SMILES string of the molecule is Cc1cc(N2CCN(C(=O)c3cnccn3)CC2)nc(C)n1. The molecule has 0 N–H and O–H groups in total. The number of aryl methyl sites for hydroxylation is 2. The van der Waals surface area contributed by atoms with Crippen LogP contribution in [0.1, 0.15) is 22.0 Å². The molecule has 7 heteroatoms. The molecule has 1 aliphatic heterocycles. The molecule has 1 amide bonds. The average Bonchev–Trinajstić information content (AvgIpc) is 2.54. The van der Waals surface area contributed by atoms with E-state index in [0.717, 1.165) is 30.4 Å². The molecule has 0 unspecified atom stereocenters. The lowest BCUT2D eigenvalue weighted by molar-refractivity contribution is 0.0740. The number of rotatable bonds is 2. The largest absolute Gasteiger partial charge is 0.353 e. The third-order valence-electron chi connectivity index (χ3n) is 3.63. The summed E-state index contributed by atoms with van der Waals surface area (Å²) in [5, 5.41) is 0. The molecule has 0 spiro atoms. The summed E-state index contributed by atoms with van der Waals surface area (Å²) in [7, 11) is 0. The van der Waals surface area contributed by atoms with Crippen LogP contribution in [0.25, 0.3) is 0 Å². The van der Waals surface area contributed by atoms with Gasteiger partial charge in [-0.05, 0) is 13.8 Å². The number of piperazine rings is 1. The Hall–Kier alpha value is -2.57. The Labute approximate surface area is 129 Å². The molecule has 3 rings (SSSR count). The van der Waals surface area contributed by atoms with Gasteiger partial charge in [-0.15, -0.1) is 0 Å². The van der Waals surface area contributed by atoms with E-state index in [2.05, 4.69) is 24.8 Å². The maximum absolute atomic E-state index is 12.3. The van der Waals surface area contributed by atoms with Crippen molar-refractivity contribution in [3.8, 4) is 0 Å². The van der Waals surface area contributed by atoms with Crippen molar-refractivity contribution >= 4 is 11.7 Å². The molecule has 2 aromatic rings. The smallest absolute Gasteiger partial charge is 0.274 e. The van der Waals surface area contributed by atoms with Gasteiger partial charge in [-0.3, -0.25) is 9.78 Å². The number of hydrogen-bond acceptors (Lipinski definition) is 6. The Morgan fingerprint density at radius 3 is 2.50 bits per heavy atom. The van der Waals surface area contributed by atoms with Crippen LogP contribution in [0.15, 0.2) is 24.7 Å². The zero-order chi connectivity index (χ0) is 15.5. The molecule has 0 aromatic carbocycles. The lowest BCUT2D eigenvalue weighted by Gasteiger charge is -2.35. The fourth-order valence-corrected chi connectivity index (χ4v) is 2.57. The van der Waals surface area contributed by atoms with Crippen LogP contribution in [0.4, 0.5) is 5.82 Å². The zero-order valence-corrected chi connectivity index (χ0v) is 12.7. The fourth-order valence-electron chi connectivity index (χ4n) is 2.57. The van der Waals surface area contributed by atoms with Gasteiger partial charge >= 0.3 is 0 Å². The molecule has 0 bridgehead atoms. The Balaban J connectivity index is 1.66. The van der Waals surface area contributed by atoms with E-state index in [4.69, 9.17) is 0 Å². The summed E-state index contributed by atoms with van der Waals surface area (Å²) in [5.74, 6) is 1.63. The first-order valence-electron chi connectivity index (χ1n) is 7.26. The van der Waals surface area contributed by atoms with Gasteiger partial charge in [0.2, 0.25) is 0 Å². The Morgan fingerprint density at radius 1 is 1.09 bits per heavy atom. The molecule has 0 saturated carbocycles. The second-order valence-electron chi connectivity index (χ2n) is 5.28. The predicted molar refractivity (Wildman–Crippen MR) is 81.7 cm³/mol. The highest BCUT2D eigenvalue weighted by molar-refractivity contribution is 5.92. The van der Waals surface area contributed by atoms with Crippen LogP contribution in [0.3, 0.4) is 0 Å². The molecule has 3 heterocycles. The van der Waals surface area contributed by atoms with Gasteiger partial charge in [0, 0.05) is 50.3 Å². The van der Waals surface area contributed by atoms with E-state index >= 15 is 0 Å². The fraction of sp³-hybridized carbons (Fsp3) is 0.400. The maximum atomic E-state index is 12.3. The standard InChI is InChI=1S/C15H18N6O/c1-11-9-14(19-12(2)18-11)20-5-7-21(8-6-20)15(22)13-10-16-3-4-17-13/h3-4,9-10H,5-8H2,1-2H3. The van der Waals surface area contributed by atoms with E-state index in [0.29, 0.717) is 18.8 Å². The van der Waals surface area contributed by atoms with Gasteiger partial charge in [-0.25, -0.2) is 15.0 Å². The van der Waals surface area contributed by atoms with Gasteiger partial charge in [-0.2, -0.15) is 0 Å². The third-order valence-corrected chi connectivity index (χ3v) is 3.63. The van der Waals surface area contributed by atoms with Crippen molar-refractivity contribution in [2.24, 2.45) is 0 Å². The highest BCUT2D eigenvalue weighted by atomic mass is 16.2. The van der Waals surface area contributed by atoms with E-state index in [1.54, 1.807) is 11.1 Å². The first kappa shape index (κ1) is 14.4. The highest BCUT2D eigenvalue weighted by Gasteiger charge is 2.23. The first-order valence-corrected chi connectivity index (χ1v) is 7.26. The second kappa shape index (κ2) is 6.05. The predicted octanol–water partition coefficient (Wildman–Crippen LogP) is 0.846. The quantitative estimate of drug-likeness (QED) is 0.818. The van der Waals surface area contributed by atoms with Gasteiger partial charge in [0.1, 0.15) is 17.3 Å².